The van der Waals surface area contributed by atoms with Crippen molar-refractivity contribution in [3.63, 3.8) is 0 Å². The number of alkyl carbamates (subject to hydrolysis) is 1. The molecule has 9 heteroatoms. The highest BCUT2D eigenvalue weighted by Gasteiger charge is 2.26. The maximum Gasteiger partial charge on any atom is 0.408 e. The van der Waals surface area contributed by atoms with Gasteiger partial charge in [-0.05, 0) is 24.8 Å². The third-order valence-electron chi connectivity index (χ3n) is 4.02. The normalized spacial score (nSPS) is 15.3. The van der Waals surface area contributed by atoms with Gasteiger partial charge in [0.05, 0.1) is 12.9 Å². The van der Waals surface area contributed by atoms with Crippen LogP contribution in [0.2, 0.25) is 0 Å². The Morgan fingerprint density at radius 1 is 1.19 bits per heavy atom. The summed E-state index contributed by atoms with van der Waals surface area (Å²) in [6.07, 6.45) is 4.17. The van der Waals surface area contributed by atoms with Crippen LogP contribution in [0, 0.1) is 0 Å². The summed E-state index contributed by atoms with van der Waals surface area (Å²) < 4.78 is 36.6. The molecular formula is C18H24N2O6S. The van der Waals surface area contributed by atoms with Crippen molar-refractivity contribution in [3.05, 3.63) is 48.0 Å². The van der Waals surface area contributed by atoms with Crippen LogP contribution >= 0.6 is 0 Å². The van der Waals surface area contributed by atoms with Crippen LogP contribution in [0.25, 0.3) is 0 Å². The van der Waals surface area contributed by atoms with E-state index < -0.39 is 28.1 Å². The van der Waals surface area contributed by atoms with Crippen molar-refractivity contribution in [3.8, 4) is 0 Å². The standard InChI is InChI=1S/C18H24N2O6S/c1-25-17(21)16(11-12-27(23,24)20-15-9-5-6-10-15)19-18(22)26-13-14-7-3-2-4-8-14/h2-8,15-16,20H,9-13H2,1H3,(H,19,22)/t16-/m0/s1. The van der Waals surface area contributed by atoms with Gasteiger partial charge in [0.1, 0.15) is 12.6 Å². The summed E-state index contributed by atoms with van der Waals surface area (Å²) in [5.74, 6) is -1.05. The van der Waals surface area contributed by atoms with E-state index in [0.717, 1.165) is 5.56 Å². The van der Waals surface area contributed by atoms with Gasteiger partial charge in [-0.25, -0.2) is 22.7 Å². The van der Waals surface area contributed by atoms with Crippen molar-refractivity contribution in [1.29, 1.82) is 0 Å². The number of ether oxygens (including phenoxy) is 2. The zero-order chi connectivity index (χ0) is 19.7. The predicted molar refractivity (Wildman–Crippen MR) is 99.3 cm³/mol. The molecule has 27 heavy (non-hydrogen) atoms. The van der Waals surface area contributed by atoms with Crippen LogP contribution in [0.3, 0.4) is 0 Å². The van der Waals surface area contributed by atoms with Crippen molar-refractivity contribution in [1.82, 2.24) is 10.0 Å². The van der Waals surface area contributed by atoms with E-state index in [2.05, 4.69) is 14.8 Å². The topological polar surface area (TPSA) is 111 Å². The molecule has 0 heterocycles. The quantitative estimate of drug-likeness (QED) is 0.483. The van der Waals surface area contributed by atoms with Crippen LogP contribution in [-0.2, 0) is 30.9 Å². The lowest BCUT2D eigenvalue weighted by molar-refractivity contribution is -0.143. The van der Waals surface area contributed by atoms with Gasteiger partial charge in [-0.2, -0.15) is 0 Å². The summed E-state index contributed by atoms with van der Waals surface area (Å²) in [7, 11) is -2.41. The lowest BCUT2D eigenvalue weighted by atomic mass is 10.2. The van der Waals surface area contributed by atoms with Crippen molar-refractivity contribution >= 4 is 22.1 Å². The molecule has 0 fully saturated rings. The van der Waals surface area contributed by atoms with Crippen LogP contribution in [0.1, 0.15) is 24.8 Å². The van der Waals surface area contributed by atoms with Crippen molar-refractivity contribution in [2.45, 2.75) is 38.0 Å². The first-order chi connectivity index (χ1) is 12.9. The summed E-state index contributed by atoms with van der Waals surface area (Å²) in [6.45, 7) is 0.0368. The highest BCUT2D eigenvalue weighted by Crippen LogP contribution is 2.11. The van der Waals surface area contributed by atoms with E-state index in [9.17, 15) is 18.0 Å². The second-order valence-electron chi connectivity index (χ2n) is 6.15. The minimum absolute atomic E-state index is 0.0368. The van der Waals surface area contributed by atoms with Crippen molar-refractivity contribution in [2.75, 3.05) is 12.9 Å². The number of carbonyl (C=O) groups excluding carboxylic acids is 2. The number of hydrogen-bond donors (Lipinski definition) is 2. The molecule has 8 nitrogen and oxygen atoms in total. The highest BCUT2D eigenvalue weighted by atomic mass is 32.2. The molecule has 1 amide bonds. The molecule has 1 aromatic carbocycles. The number of carbonyl (C=O) groups is 2. The lowest BCUT2D eigenvalue weighted by Gasteiger charge is -2.18. The van der Waals surface area contributed by atoms with Gasteiger partial charge in [0, 0.05) is 6.04 Å². The number of methoxy groups -OCH3 is 1. The number of sulfonamides is 1. The molecule has 0 spiro atoms. The van der Waals surface area contributed by atoms with E-state index in [4.69, 9.17) is 4.74 Å². The third-order valence-corrected chi connectivity index (χ3v) is 5.49. The molecule has 0 aliphatic heterocycles. The molecule has 1 aromatic rings. The Balaban J connectivity index is 1.84. The number of nitrogens with one attached hydrogen (secondary N) is 2. The number of benzene rings is 1. The Bertz CT molecular complexity index is 755. The highest BCUT2D eigenvalue weighted by molar-refractivity contribution is 7.89. The van der Waals surface area contributed by atoms with Gasteiger partial charge in [-0.1, -0.05) is 42.5 Å². The first-order valence-electron chi connectivity index (χ1n) is 8.59. The van der Waals surface area contributed by atoms with E-state index in [1.54, 1.807) is 12.1 Å². The fraction of sp³-hybridized carbons (Fsp3) is 0.444. The molecule has 0 saturated heterocycles. The molecule has 1 aliphatic rings. The zero-order valence-corrected chi connectivity index (χ0v) is 15.9. The van der Waals surface area contributed by atoms with Gasteiger partial charge in [-0.3, -0.25) is 0 Å². The second-order valence-corrected chi connectivity index (χ2v) is 8.02. The fourth-order valence-corrected chi connectivity index (χ4v) is 3.96. The molecule has 1 aliphatic carbocycles. The Morgan fingerprint density at radius 3 is 2.48 bits per heavy atom. The summed E-state index contributed by atoms with van der Waals surface area (Å²) in [6, 6.07) is 7.78. The number of esters is 1. The van der Waals surface area contributed by atoms with Gasteiger partial charge >= 0.3 is 12.1 Å². The summed E-state index contributed by atoms with van der Waals surface area (Å²) in [5.41, 5.74) is 0.791. The van der Waals surface area contributed by atoms with Gasteiger partial charge in [-0.15, -0.1) is 0 Å². The summed E-state index contributed by atoms with van der Waals surface area (Å²) in [5, 5.41) is 2.36. The van der Waals surface area contributed by atoms with E-state index in [1.807, 2.05) is 30.4 Å². The van der Waals surface area contributed by atoms with Crippen molar-refractivity contribution < 1.29 is 27.5 Å². The average Bonchev–Trinajstić information content (AvgIpc) is 3.15. The molecule has 0 saturated carbocycles. The maximum atomic E-state index is 12.2. The summed E-state index contributed by atoms with van der Waals surface area (Å²) >= 11 is 0. The monoisotopic (exact) mass is 396 g/mol. The van der Waals surface area contributed by atoms with Gasteiger partial charge in [0.15, 0.2) is 0 Å². The molecule has 0 radical (unpaired) electrons. The zero-order valence-electron chi connectivity index (χ0n) is 15.1. The first-order valence-corrected chi connectivity index (χ1v) is 10.2. The van der Waals surface area contributed by atoms with E-state index in [1.165, 1.54) is 7.11 Å². The molecule has 0 bridgehead atoms. The number of rotatable bonds is 9. The van der Waals surface area contributed by atoms with E-state index in [0.29, 0.717) is 12.8 Å². The van der Waals surface area contributed by atoms with E-state index in [-0.39, 0.29) is 24.8 Å². The Morgan fingerprint density at radius 2 is 1.85 bits per heavy atom. The Labute approximate surface area is 159 Å². The van der Waals surface area contributed by atoms with Gasteiger partial charge in [0.25, 0.3) is 0 Å². The van der Waals surface area contributed by atoms with E-state index >= 15 is 0 Å². The lowest BCUT2D eigenvalue weighted by Crippen LogP contribution is -2.44. The maximum absolute atomic E-state index is 12.2. The third kappa shape index (κ3) is 7.40. The second kappa shape index (κ2) is 10.1. The van der Waals surface area contributed by atoms with Crippen LogP contribution in [0.4, 0.5) is 4.79 Å². The van der Waals surface area contributed by atoms with Crippen LogP contribution in [0.5, 0.6) is 0 Å². The average molecular weight is 396 g/mol. The minimum atomic E-state index is -3.58. The SMILES string of the molecule is COC(=O)[C@H](CCS(=O)(=O)NC1CC=CC1)NC(=O)OCc1ccccc1. The molecule has 2 N–H and O–H groups in total. The number of amides is 1. The molecular weight excluding hydrogens is 372 g/mol. The Kier molecular flexibility index (Phi) is 7.81. The summed E-state index contributed by atoms with van der Waals surface area (Å²) in [4.78, 5) is 23.8. The van der Waals surface area contributed by atoms with Gasteiger partial charge in [0.2, 0.25) is 10.0 Å². The minimum Gasteiger partial charge on any atom is -0.467 e. The largest absolute Gasteiger partial charge is 0.467 e. The van der Waals surface area contributed by atoms with Crippen LogP contribution < -0.4 is 10.0 Å². The van der Waals surface area contributed by atoms with Crippen LogP contribution in [0.15, 0.2) is 42.5 Å². The first kappa shape index (κ1) is 20.9. The van der Waals surface area contributed by atoms with Crippen LogP contribution in [-0.4, -0.2) is 45.4 Å². The molecule has 1 atom stereocenters. The van der Waals surface area contributed by atoms with Gasteiger partial charge < -0.3 is 14.8 Å². The Hall–Kier alpha value is -2.39. The molecule has 0 aromatic heterocycles. The van der Waals surface area contributed by atoms with Crippen molar-refractivity contribution in [2.24, 2.45) is 0 Å². The fourth-order valence-electron chi connectivity index (χ4n) is 2.60. The molecule has 148 valence electrons. The predicted octanol–water partition coefficient (Wildman–Crippen LogP) is 1.48. The molecule has 2 rings (SSSR count). The number of hydrogen-bond acceptors (Lipinski definition) is 6. The molecule has 0 unspecified atom stereocenters. The smallest absolute Gasteiger partial charge is 0.408 e.